The summed E-state index contributed by atoms with van der Waals surface area (Å²) in [7, 11) is 0. The lowest BCUT2D eigenvalue weighted by Crippen LogP contribution is -2.50. The molecule has 0 radical (unpaired) electrons. The number of rotatable bonds is 3. The molecule has 1 aromatic carbocycles. The predicted molar refractivity (Wildman–Crippen MR) is 103 cm³/mol. The smallest absolute Gasteiger partial charge is 0.143 e. The number of likely N-dealkylation sites (tertiary alicyclic amines) is 1. The number of pyridine rings is 1. The molecule has 2 aromatic rings. The second-order valence-electron chi connectivity index (χ2n) is 7.56. The van der Waals surface area contributed by atoms with Gasteiger partial charge in [0.1, 0.15) is 11.8 Å². The predicted octanol–water partition coefficient (Wildman–Crippen LogP) is 3.29. The summed E-state index contributed by atoms with van der Waals surface area (Å²) >= 11 is 0. The van der Waals surface area contributed by atoms with Crippen molar-refractivity contribution >= 4 is 16.6 Å². The molecule has 2 N–H and O–H groups in total. The van der Waals surface area contributed by atoms with E-state index in [1.807, 2.05) is 24.3 Å². The van der Waals surface area contributed by atoms with E-state index in [0.717, 1.165) is 61.8 Å². The third-order valence-corrected chi connectivity index (χ3v) is 5.88. The minimum atomic E-state index is -0.157. The summed E-state index contributed by atoms with van der Waals surface area (Å²) in [5, 5.41) is 24.3. The number of hydrogen-bond acceptors (Lipinski definition) is 5. The van der Waals surface area contributed by atoms with Crippen molar-refractivity contribution in [3.63, 3.8) is 0 Å². The van der Waals surface area contributed by atoms with Crippen LogP contribution in [0.4, 0.5) is 5.69 Å². The molecule has 1 aromatic heterocycles. The molecule has 0 bridgehead atoms. The molecule has 5 heteroatoms. The van der Waals surface area contributed by atoms with Gasteiger partial charge in [0, 0.05) is 36.2 Å². The van der Waals surface area contributed by atoms with E-state index < -0.39 is 0 Å². The van der Waals surface area contributed by atoms with Gasteiger partial charge in [-0.25, -0.2) is 4.98 Å². The average molecular weight is 350 g/mol. The number of aromatic nitrogens is 1. The molecule has 1 aliphatic heterocycles. The van der Waals surface area contributed by atoms with Crippen LogP contribution in [-0.2, 0) is 0 Å². The van der Waals surface area contributed by atoms with Crippen LogP contribution >= 0.6 is 0 Å². The Morgan fingerprint density at radius 2 is 1.88 bits per heavy atom. The number of fused-ring (bicyclic) bond motifs is 1. The number of para-hydroxylation sites is 1. The van der Waals surface area contributed by atoms with E-state index in [1.165, 1.54) is 6.42 Å². The summed E-state index contributed by atoms with van der Waals surface area (Å²) in [6, 6.07) is 12.7. The molecule has 0 amide bonds. The van der Waals surface area contributed by atoms with Crippen molar-refractivity contribution in [2.24, 2.45) is 0 Å². The average Bonchev–Trinajstić information content (AvgIpc) is 2.69. The second-order valence-corrected chi connectivity index (χ2v) is 7.56. The number of aliphatic hydroxyl groups is 1. The minimum Gasteiger partial charge on any atom is -0.391 e. The van der Waals surface area contributed by atoms with Gasteiger partial charge in [-0.3, -0.25) is 4.90 Å². The molecule has 2 fully saturated rings. The monoisotopic (exact) mass is 350 g/mol. The molecule has 2 heterocycles. The van der Waals surface area contributed by atoms with Crippen molar-refractivity contribution in [1.82, 2.24) is 9.88 Å². The van der Waals surface area contributed by atoms with Crippen molar-refractivity contribution in [3.8, 4) is 6.07 Å². The number of anilines is 1. The van der Waals surface area contributed by atoms with E-state index in [9.17, 15) is 10.4 Å². The highest BCUT2D eigenvalue weighted by Crippen LogP contribution is 2.28. The molecule has 0 spiro atoms. The maximum absolute atomic E-state index is 10.3. The van der Waals surface area contributed by atoms with Gasteiger partial charge in [0.25, 0.3) is 0 Å². The van der Waals surface area contributed by atoms with Gasteiger partial charge in [-0.1, -0.05) is 31.0 Å². The first-order valence-electron chi connectivity index (χ1n) is 9.73. The number of nitrogens with one attached hydrogen (secondary N) is 1. The lowest BCUT2D eigenvalue weighted by atomic mass is 9.89. The maximum Gasteiger partial charge on any atom is 0.143 e. The third kappa shape index (κ3) is 3.53. The van der Waals surface area contributed by atoms with Crippen LogP contribution in [0, 0.1) is 11.3 Å². The van der Waals surface area contributed by atoms with Crippen molar-refractivity contribution < 1.29 is 5.11 Å². The Morgan fingerprint density at radius 1 is 1.12 bits per heavy atom. The zero-order valence-corrected chi connectivity index (χ0v) is 15.1. The molecular weight excluding hydrogens is 324 g/mol. The third-order valence-electron chi connectivity index (χ3n) is 5.88. The first kappa shape index (κ1) is 17.3. The Morgan fingerprint density at radius 3 is 2.65 bits per heavy atom. The highest BCUT2D eigenvalue weighted by Gasteiger charge is 2.31. The SMILES string of the molecule is N#Cc1cc(NC2CCN(C3CCCCC3O)CC2)c2ccccc2n1. The molecule has 1 aliphatic carbocycles. The first-order valence-corrected chi connectivity index (χ1v) is 9.73. The summed E-state index contributed by atoms with van der Waals surface area (Å²) in [4.78, 5) is 6.87. The van der Waals surface area contributed by atoms with E-state index >= 15 is 0 Å². The Kier molecular flexibility index (Phi) is 5.05. The highest BCUT2D eigenvalue weighted by molar-refractivity contribution is 5.91. The van der Waals surface area contributed by atoms with Crippen LogP contribution in [0.1, 0.15) is 44.2 Å². The van der Waals surface area contributed by atoms with Gasteiger partial charge in [0.05, 0.1) is 11.6 Å². The maximum atomic E-state index is 10.3. The minimum absolute atomic E-state index is 0.157. The van der Waals surface area contributed by atoms with Crippen LogP contribution < -0.4 is 5.32 Å². The Hall–Kier alpha value is -2.16. The molecule has 2 atom stereocenters. The van der Waals surface area contributed by atoms with Crippen LogP contribution in [0.2, 0.25) is 0 Å². The second kappa shape index (κ2) is 7.61. The molecule has 26 heavy (non-hydrogen) atoms. The van der Waals surface area contributed by atoms with Crippen LogP contribution in [0.3, 0.4) is 0 Å². The Bertz CT molecular complexity index is 807. The van der Waals surface area contributed by atoms with Gasteiger partial charge < -0.3 is 10.4 Å². The van der Waals surface area contributed by atoms with Crippen LogP contribution in [0.15, 0.2) is 30.3 Å². The summed E-state index contributed by atoms with van der Waals surface area (Å²) in [5.74, 6) is 0. The standard InChI is InChI=1S/C21H26N4O/c22-14-16-13-19(17-5-1-2-6-18(17)24-16)23-15-9-11-25(12-10-15)20-7-3-4-8-21(20)26/h1-2,5-6,13,15,20-21,26H,3-4,7-12H2,(H,23,24). The van der Waals surface area contributed by atoms with E-state index in [2.05, 4.69) is 27.3 Å². The fraction of sp³-hybridized carbons (Fsp3) is 0.524. The molecule has 2 unspecified atom stereocenters. The lowest BCUT2D eigenvalue weighted by Gasteiger charge is -2.41. The van der Waals surface area contributed by atoms with Crippen molar-refractivity contribution in [1.29, 1.82) is 5.26 Å². The number of nitriles is 1. The number of piperidine rings is 1. The normalized spacial score (nSPS) is 25.1. The van der Waals surface area contributed by atoms with Crippen LogP contribution in [0.25, 0.3) is 10.9 Å². The zero-order chi connectivity index (χ0) is 17.9. The quantitative estimate of drug-likeness (QED) is 0.889. The summed E-state index contributed by atoms with van der Waals surface area (Å²) in [6.45, 7) is 2.04. The molecule has 136 valence electrons. The number of nitrogens with zero attached hydrogens (tertiary/aromatic N) is 3. The highest BCUT2D eigenvalue weighted by atomic mass is 16.3. The number of benzene rings is 1. The van der Waals surface area contributed by atoms with E-state index in [-0.39, 0.29) is 6.10 Å². The lowest BCUT2D eigenvalue weighted by molar-refractivity contribution is 0.00994. The van der Waals surface area contributed by atoms with E-state index in [4.69, 9.17) is 0 Å². The van der Waals surface area contributed by atoms with Crippen molar-refractivity contribution in [3.05, 3.63) is 36.0 Å². The molecule has 5 nitrogen and oxygen atoms in total. The topological polar surface area (TPSA) is 72.2 Å². The van der Waals surface area contributed by atoms with Crippen LogP contribution in [-0.4, -0.2) is 46.3 Å². The summed E-state index contributed by atoms with van der Waals surface area (Å²) in [6.07, 6.45) is 6.42. The van der Waals surface area contributed by atoms with Gasteiger partial charge in [-0.15, -0.1) is 0 Å². The van der Waals surface area contributed by atoms with Gasteiger partial charge in [-0.2, -0.15) is 5.26 Å². The van der Waals surface area contributed by atoms with Gasteiger partial charge in [0.2, 0.25) is 0 Å². The zero-order valence-electron chi connectivity index (χ0n) is 15.1. The first-order chi connectivity index (χ1) is 12.7. The van der Waals surface area contributed by atoms with E-state index in [0.29, 0.717) is 17.8 Å². The van der Waals surface area contributed by atoms with Gasteiger partial charge in [0.15, 0.2) is 0 Å². The van der Waals surface area contributed by atoms with Crippen LogP contribution in [0.5, 0.6) is 0 Å². The summed E-state index contributed by atoms with van der Waals surface area (Å²) in [5.41, 5.74) is 2.31. The van der Waals surface area contributed by atoms with Gasteiger partial charge in [-0.05, 0) is 37.8 Å². The van der Waals surface area contributed by atoms with Gasteiger partial charge >= 0.3 is 0 Å². The van der Waals surface area contributed by atoms with Crippen molar-refractivity contribution in [2.75, 3.05) is 18.4 Å². The molecule has 2 aliphatic rings. The molecule has 1 saturated carbocycles. The molecule has 1 saturated heterocycles. The van der Waals surface area contributed by atoms with E-state index in [1.54, 1.807) is 0 Å². The van der Waals surface area contributed by atoms with Crippen molar-refractivity contribution in [2.45, 2.75) is 56.7 Å². The Labute approximate surface area is 154 Å². The fourth-order valence-electron chi connectivity index (χ4n) is 4.47. The molecular formula is C21H26N4O. The fourth-order valence-corrected chi connectivity index (χ4v) is 4.47. The summed E-state index contributed by atoms with van der Waals surface area (Å²) < 4.78 is 0. The Balaban J connectivity index is 1.45. The number of aliphatic hydroxyl groups excluding tert-OH is 1. The number of hydrogen-bond donors (Lipinski definition) is 2. The largest absolute Gasteiger partial charge is 0.391 e. The molecule has 4 rings (SSSR count).